The number of carbonyl (C=O) groups is 1. The van der Waals surface area contributed by atoms with E-state index >= 15 is 0 Å². The summed E-state index contributed by atoms with van der Waals surface area (Å²) >= 11 is 0. The van der Waals surface area contributed by atoms with Crippen LogP contribution in [0.5, 0.6) is 5.75 Å². The minimum Gasteiger partial charge on any atom is -0.496 e. The Hall–Kier alpha value is -2.55. The second-order valence-corrected chi connectivity index (χ2v) is 5.91. The lowest BCUT2D eigenvalue weighted by molar-refractivity contribution is -0.131. The van der Waals surface area contributed by atoms with Gasteiger partial charge < -0.3 is 9.84 Å². The number of methoxy groups -OCH3 is 1. The first-order valence-electron chi connectivity index (χ1n) is 7.85. The molecule has 0 fully saturated rings. The summed E-state index contributed by atoms with van der Waals surface area (Å²) in [5.41, 5.74) is 6.43. The number of benzene rings is 1. The van der Waals surface area contributed by atoms with E-state index in [4.69, 9.17) is 9.84 Å². The largest absolute Gasteiger partial charge is 0.496 e. The van der Waals surface area contributed by atoms with Gasteiger partial charge in [0.2, 0.25) is 0 Å². The number of rotatable bonds is 6. The highest BCUT2D eigenvalue weighted by Gasteiger charge is 2.09. The van der Waals surface area contributed by atoms with Crippen molar-refractivity contribution in [3.8, 4) is 5.75 Å². The molecule has 0 aliphatic heterocycles. The Morgan fingerprint density at radius 3 is 2.33 bits per heavy atom. The summed E-state index contributed by atoms with van der Waals surface area (Å²) in [5, 5.41) is 8.67. The van der Waals surface area contributed by atoms with Crippen LogP contribution in [0.25, 0.3) is 6.08 Å². The van der Waals surface area contributed by atoms with E-state index in [0.717, 1.165) is 28.0 Å². The SMILES string of the molecule is COc1c(C)cc(C)c(/C=C/C(C)=C/C=C/C(C)=C/C(=O)O)c1C. The van der Waals surface area contributed by atoms with Crippen LogP contribution in [0.4, 0.5) is 0 Å². The predicted molar refractivity (Wildman–Crippen MR) is 101 cm³/mol. The fraction of sp³-hybridized carbons (Fsp3) is 0.286. The number of aryl methyl sites for hydroxylation is 2. The van der Waals surface area contributed by atoms with Crippen LogP contribution in [-0.2, 0) is 4.79 Å². The molecule has 1 aromatic carbocycles. The molecule has 0 atom stereocenters. The van der Waals surface area contributed by atoms with Crippen LogP contribution in [-0.4, -0.2) is 18.2 Å². The minimum atomic E-state index is -0.933. The van der Waals surface area contributed by atoms with E-state index in [1.165, 1.54) is 11.6 Å². The van der Waals surface area contributed by atoms with Gasteiger partial charge in [-0.1, -0.05) is 42.0 Å². The van der Waals surface area contributed by atoms with E-state index in [1.807, 2.05) is 25.2 Å². The van der Waals surface area contributed by atoms with Crippen LogP contribution >= 0.6 is 0 Å². The van der Waals surface area contributed by atoms with Gasteiger partial charge in [-0.3, -0.25) is 0 Å². The highest BCUT2D eigenvalue weighted by atomic mass is 16.5. The third-order valence-electron chi connectivity index (χ3n) is 3.75. The van der Waals surface area contributed by atoms with Gasteiger partial charge in [-0.15, -0.1) is 0 Å². The molecule has 0 aliphatic rings. The zero-order valence-corrected chi connectivity index (χ0v) is 15.3. The van der Waals surface area contributed by atoms with Crippen molar-refractivity contribution in [2.75, 3.05) is 7.11 Å². The number of carboxylic acids is 1. The first-order chi connectivity index (χ1) is 11.3. The Kier molecular flexibility index (Phi) is 7.25. The Labute approximate surface area is 144 Å². The van der Waals surface area contributed by atoms with Gasteiger partial charge in [0.25, 0.3) is 0 Å². The fourth-order valence-corrected chi connectivity index (χ4v) is 2.62. The summed E-state index contributed by atoms with van der Waals surface area (Å²) in [6, 6.07) is 2.13. The quantitative estimate of drug-likeness (QED) is 0.579. The number of aliphatic carboxylic acids is 1. The number of allylic oxidation sites excluding steroid dienone is 6. The van der Waals surface area contributed by atoms with Gasteiger partial charge in [0, 0.05) is 6.08 Å². The zero-order chi connectivity index (χ0) is 18.3. The summed E-state index contributed by atoms with van der Waals surface area (Å²) in [4.78, 5) is 10.6. The van der Waals surface area contributed by atoms with E-state index in [0.29, 0.717) is 5.57 Å². The molecular weight excluding hydrogens is 300 g/mol. The van der Waals surface area contributed by atoms with Crippen molar-refractivity contribution in [3.05, 3.63) is 69.8 Å². The molecule has 0 saturated carbocycles. The standard InChI is InChI=1S/C21H26O3/c1-14(8-7-9-15(2)12-20(22)23)10-11-19-16(3)13-17(4)21(24-6)18(19)5/h7-13H,1-6H3,(H,22,23)/b9-7+,11-10+,14-8+,15-12+. The van der Waals surface area contributed by atoms with E-state index in [-0.39, 0.29) is 0 Å². The van der Waals surface area contributed by atoms with Gasteiger partial charge in [-0.05, 0) is 62.4 Å². The molecule has 0 bridgehead atoms. The van der Waals surface area contributed by atoms with Crippen molar-refractivity contribution in [1.29, 1.82) is 0 Å². The average Bonchev–Trinajstić information content (AvgIpc) is 2.46. The van der Waals surface area contributed by atoms with Crippen LogP contribution in [0.15, 0.2) is 47.6 Å². The smallest absolute Gasteiger partial charge is 0.328 e. The molecule has 3 heteroatoms. The lowest BCUT2D eigenvalue weighted by atomic mass is 9.97. The van der Waals surface area contributed by atoms with Crippen molar-refractivity contribution >= 4 is 12.0 Å². The van der Waals surface area contributed by atoms with Gasteiger partial charge >= 0.3 is 5.97 Å². The molecule has 0 aliphatic carbocycles. The highest BCUT2D eigenvalue weighted by Crippen LogP contribution is 2.29. The lowest BCUT2D eigenvalue weighted by Gasteiger charge is -2.14. The molecule has 0 unspecified atom stereocenters. The van der Waals surface area contributed by atoms with Crippen molar-refractivity contribution in [2.24, 2.45) is 0 Å². The summed E-state index contributed by atoms with van der Waals surface area (Å²) < 4.78 is 5.49. The molecule has 0 radical (unpaired) electrons. The molecule has 0 amide bonds. The third-order valence-corrected chi connectivity index (χ3v) is 3.75. The van der Waals surface area contributed by atoms with E-state index in [1.54, 1.807) is 20.1 Å². The van der Waals surface area contributed by atoms with Crippen molar-refractivity contribution in [3.63, 3.8) is 0 Å². The van der Waals surface area contributed by atoms with Crippen LogP contribution < -0.4 is 4.74 Å². The first-order valence-corrected chi connectivity index (χ1v) is 7.85. The number of hydrogen-bond acceptors (Lipinski definition) is 2. The topological polar surface area (TPSA) is 46.5 Å². The number of ether oxygens (including phenoxy) is 1. The average molecular weight is 326 g/mol. The second kappa shape index (κ2) is 8.92. The zero-order valence-electron chi connectivity index (χ0n) is 15.3. The van der Waals surface area contributed by atoms with Crippen molar-refractivity contribution < 1.29 is 14.6 Å². The van der Waals surface area contributed by atoms with Crippen LogP contribution in [0.2, 0.25) is 0 Å². The number of hydrogen-bond donors (Lipinski definition) is 1. The van der Waals surface area contributed by atoms with Crippen LogP contribution in [0.1, 0.15) is 36.1 Å². The maximum Gasteiger partial charge on any atom is 0.328 e. The van der Waals surface area contributed by atoms with E-state index in [2.05, 4.69) is 32.9 Å². The molecule has 1 aromatic rings. The van der Waals surface area contributed by atoms with Crippen LogP contribution in [0.3, 0.4) is 0 Å². The predicted octanol–water partition coefficient (Wildman–Crippen LogP) is 5.17. The molecular formula is C21H26O3. The molecule has 24 heavy (non-hydrogen) atoms. The lowest BCUT2D eigenvalue weighted by Crippen LogP contribution is -1.96. The number of carboxylic acid groups (broad SMARTS) is 1. The molecule has 0 spiro atoms. The summed E-state index contributed by atoms with van der Waals surface area (Å²) in [5.74, 6) is -0.00627. The maximum atomic E-state index is 10.6. The van der Waals surface area contributed by atoms with Gasteiger partial charge in [-0.25, -0.2) is 4.79 Å². The first kappa shape index (κ1) is 19.5. The van der Waals surface area contributed by atoms with E-state index in [9.17, 15) is 4.79 Å². The molecule has 1 rings (SSSR count). The molecule has 1 N–H and O–H groups in total. The Morgan fingerprint density at radius 2 is 1.75 bits per heavy atom. The van der Waals surface area contributed by atoms with Gasteiger partial charge in [0.15, 0.2) is 0 Å². The van der Waals surface area contributed by atoms with Crippen molar-refractivity contribution in [1.82, 2.24) is 0 Å². The molecule has 128 valence electrons. The summed E-state index contributed by atoms with van der Waals surface area (Å²) in [7, 11) is 1.70. The van der Waals surface area contributed by atoms with Crippen molar-refractivity contribution in [2.45, 2.75) is 34.6 Å². The van der Waals surface area contributed by atoms with Gasteiger partial charge in [0.05, 0.1) is 7.11 Å². The Morgan fingerprint density at radius 1 is 1.08 bits per heavy atom. The molecule has 0 saturated heterocycles. The van der Waals surface area contributed by atoms with Gasteiger partial charge in [-0.2, -0.15) is 0 Å². The fourth-order valence-electron chi connectivity index (χ4n) is 2.62. The molecule has 0 heterocycles. The molecule has 3 nitrogen and oxygen atoms in total. The maximum absolute atomic E-state index is 10.6. The monoisotopic (exact) mass is 326 g/mol. The molecule has 0 aromatic heterocycles. The Bertz CT molecular complexity index is 732. The highest BCUT2D eigenvalue weighted by molar-refractivity contribution is 5.81. The summed E-state index contributed by atoms with van der Waals surface area (Å²) in [6.45, 7) is 9.98. The minimum absolute atomic E-state index is 0.700. The van der Waals surface area contributed by atoms with Crippen LogP contribution in [0, 0.1) is 20.8 Å². The second-order valence-electron chi connectivity index (χ2n) is 5.91. The van der Waals surface area contributed by atoms with E-state index < -0.39 is 5.97 Å². The normalized spacial score (nSPS) is 13.1. The Balaban J connectivity index is 2.99. The summed E-state index contributed by atoms with van der Waals surface area (Å²) in [6.07, 6.45) is 10.9. The third kappa shape index (κ3) is 5.58. The van der Waals surface area contributed by atoms with Gasteiger partial charge in [0.1, 0.15) is 5.75 Å².